The first-order valence-electron chi connectivity index (χ1n) is 10.5. The van der Waals surface area contributed by atoms with Gasteiger partial charge >= 0.3 is 5.97 Å². The van der Waals surface area contributed by atoms with Crippen LogP contribution < -0.4 is 4.74 Å². The molecule has 32 heavy (non-hydrogen) atoms. The molecule has 0 aromatic heterocycles. The van der Waals surface area contributed by atoms with Crippen LogP contribution in [0.4, 0.5) is 0 Å². The highest BCUT2D eigenvalue weighted by molar-refractivity contribution is 6.46. The number of aliphatic hydroxyl groups excluding tert-OH is 1. The highest BCUT2D eigenvalue weighted by Crippen LogP contribution is 2.40. The number of aryl methyl sites for hydroxylation is 1. The Morgan fingerprint density at radius 3 is 2.22 bits per heavy atom. The van der Waals surface area contributed by atoms with Crippen LogP contribution in [-0.2, 0) is 14.4 Å². The smallest absolute Gasteiger partial charge is 0.303 e. The Bertz CT molecular complexity index is 1020. The largest absolute Gasteiger partial charge is 0.507 e. The Labute approximate surface area is 186 Å². The van der Waals surface area contributed by atoms with Gasteiger partial charge in [-0.25, -0.2) is 0 Å². The Morgan fingerprint density at radius 2 is 1.62 bits per heavy atom. The van der Waals surface area contributed by atoms with E-state index in [1.807, 2.05) is 19.1 Å². The molecule has 2 aromatic carbocycles. The summed E-state index contributed by atoms with van der Waals surface area (Å²) in [6, 6.07) is 13.4. The Morgan fingerprint density at radius 1 is 0.969 bits per heavy atom. The number of Topliss-reactive ketones (excluding diaryl/α,β-unsaturated/α-hetero) is 1. The fourth-order valence-corrected chi connectivity index (χ4v) is 3.85. The van der Waals surface area contributed by atoms with E-state index in [0.29, 0.717) is 36.1 Å². The number of unbranched alkanes of at least 4 members (excludes halogenated alkanes) is 2. The zero-order chi connectivity index (χ0) is 23.3. The number of rotatable bonds is 9. The van der Waals surface area contributed by atoms with Crippen molar-refractivity contribution >= 4 is 23.4 Å². The van der Waals surface area contributed by atoms with Gasteiger partial charge in [0.15, 0.2) is 0 Å². The minimum Gasteiger partial charge on any atom is -0.507 e. The van der Waals surface area contributed by atoms with Crippen LogP contribution >= 0.6 is 0 Å². The van der Waals surface area contributed by atoms with Gasteiger partial charge in [0, 0.05) is 18.5 Å². The van der Waals surface area contributed by atoms with Crippen LogP contribution in [-0.4, -0.2) is 46.4 Å². The third-order valence-electron chi connectivity index (χ3n) is 5.59. The fourth-order valence-electron chi connectivity index (χ4n) is 3.85. The quantitative estimate of drug-likeness (QED) is 0.265. The number of amides is 1. The molecule has 1 fully saturated rings. The zero-order valence-corrected chi connectivity index (χ0v) is 18.2. The molecular formula is C25H27NO6. The number of likely N-dealkylation sites (tertiary alicyclic amines) is 1. The van der Waals surface area contributed by atoms with Crippen molar-refractivity contribution in [1.82, 2.24) is 4.90 Å². The predicted molar refractivity (Wildman–Crippen MR) is 119 cm³/mol. The van der Waals surface area contributed by atoms with Crippen molar-refractivity contribution < 1.29 is 29.3 Å². The topological polar surface area (TPSA) is 104 Å². The van der Waals surface area contributed by atoms with Crippen molar-refractivity contribution in [3.8, 4) is 5.75 Å². The van der Waals surface area contributed by atoms with Crippen molar-refractivity contribution in [2.45, 2.75) is 38.6 Å². The molecule has 168 valence electrons. The summed E-state index contributed by atoms with van der Waals surface area (Å²) in [6.07, 6.45) is 1.73. The van der Waals surface area contributed by atoms with Crippen molar-refractivity contribution in [2.75, 3.05) is 13.7 Å². The van der Waals surface area contributed by atoms with Gasteiger partial charge in [-0.15, -0.1) is 0 Å². The lowest BCUT2D eigenvalue weighted by Crippen LogP contribution is -2.30. The number of aliphatic hydroxyl groups is 1. The molecule has 7 heteroatoms. The molecule has 1 heterocycles. The molecule has 2 aromatic rings. The number of carbonyl (C=O) groups is 3. The standard InChI is InChI=1S/C25H27NO6/c1-16-7-9-18(10-8-16)23(29)21-22(17-11-13-19(32-2)14-12-17)26(25(31)24(21)30)15-5-3-4-6-20(27)28/h7-14,22,29H,3-6,15H2,1-2H3,(H,27,28)/t22-/m0/s1. The summed E-state index contributed by atoms with van der Waals surface area (Å²) in [5.41, 5.74) is 2.21. The molecule has 1 aliphatic heterocycles. The average molecular weight is 437 g/mol. The summed E-state index contributed by atoms with van der Waals surface area (Å²) in [6.45, 7) is 2.20. The summed E-state index contributed by atoms with van der Waals surface area (Å²) in [7, 11) is 1.55. The molecule has 1 aliphatic rings. The summed E-state index contributed by atoms with van der Waals surface area (Å²) < 4.78 is 5.21. The number of ketones is 1. The van der Waals surface area contributed by atoms with Gasteiger partial charge in [-0.05, 0) is 37.5 Å². The number of aliphatic carboxylic acids is 1. The average Bonchev–Trinajstić information content (AvgIpc) is 3.03. The number of carboxylic acids is 1. The molecule has 2 N–H and O–H groups in total. The molecule has 7 nitrogen and oxygen atoms in total. The lowest BCUT2D eigenvalue weighted by molar-refractivity contribution is -0.140. The van der Waals surface area contributed by atoms with Gasteiger partial charge < -0.3 is 19.8 Å². The van der Waals surface area contributed by atoms with E-state index in [9.17, 15) is 19.5 Å². The molecule has 1 saturated heterocycles. The van der Waals surface area contributed by atoms with Crippen LogP contribution in [0.2, 0.25) is 0 Å². The SMILES string of the molecule is COc1ccc([C@H]2C(=C(O)c3ccc(C)cc3)C(=O)C(=O)N2CCCCCC(=O)O)cc1. The van der Waals surface area contributed by atoms with Crippen molar-refractivity contribution in [3.05, 3.63) is 70.8 Å². The second-order valence-electron chi connectivity index (χ2n) is 7.84. The molecule has 1 amide bonds. The number of hydrogen-bond acceptors (Lipinski definition) is 5. The fraction of sp³-hybridized carbons (Fsp3) is 0.320. The lowest BCUT2D eigenvalue weighted by Gasteiger charge is -2.25. The van der Waals surface area contributed by atoms with E-state index in [0.717, 1.165) is 5.56 Å². The van der Waals surface area contributed by atoms with E-state index in [1.165, 1.54) is 4.90 Å². The van der Waals surface area contributed by atoms with Crippen LogP contribution in [0.15, 0.2) is 54.1 Å². The first kappa shape index (κ1) is 23.1. The maximum Gasteiger partial charge on any atom is 0.303 e. The number of ether oxygens (including phenoxy) is 1. The van der Waals surface area contributed by atoms with Crippen LogP contribution in [0.25, 0.3) is 5.76 Å². The number of nitrogens with zero attached hydrogens (tertiary/aromatic N) is 1. The molecule has 0 bridgehead atoms. The minimum absolute atomic E-state index is 0.0505. The van der Waals surface area contributed by atoms with Crippen molar-refractivity contribution in [1.29, 1.82) is 0 Å². The van der Waals surface area contributed by atoms with E-state index in [2.05, 4.69) is 0 Å². The highest BCUT2D eigenvalue weighted by atomic mass is 16.5. The summed E-state index contributed by atoms with van der Waals surface area (Å²) in [5.74, 6) is -1.83. The second kappa shape index (κ2) is 10.1. The van der Waals surface area contributed by atoms with Gasteiger partial charge in [-0.3, -0.25) is 14.4 Å². The van der Waals surface area contributed by atoms with Gasteiger partial charge in [0.2, 0.25) is 0 Å². The van der Waals surface area contributed by atoms with E-state index < -0.39 is 23.7 Å². The molecule has 0 unspecified atom stereocenters. The van der Waals surface area contributed by atoms with Gasteiger partial charge in [-0.2, -0.15) is 0 Å². The van der Waals surface area contributed by atoms with E-state index >= 15 is 0 Å². The van der Waals surface area contributed by atoms with E-state index in [1.54, 1.807) is 43.5 Å². The number of methoxy groups -OCH3 is 1. The van der Waals surface area contributed by atoms with Gasteiger partial charge in [0.05, 0.1) is 18.7 Å². The molecule has 3 rings (SSSR count). The van der Waals surface area contributed by atoms with Crippen LogP contribution in [0, 0.1) is 6.92 Å². The molecule has 1 atom stereocenters. The predicted octanol–water partition coefficient (Wildman–Crippen LogP) is 4.07. The summed E-state index contributed by atoms with van der Waals surface area (Å²) >= 11 is 0. The third kappa shape index (κ3) is 4.99. The van der Waals surface area contributed by atoms with Gasteiger partial charge in [0.25, 0.3) is 11.7 Å². The maximum atomic E-state index is 13.0. The number of hydrogen-bond donors (Lipinski definition) is 2. The number of benzene rings is 2. The lowest BCUT2D eigenvalue weighted by atomic mass is 9.95. The summed E-state index contributed by atoms with van der Waals surface area (Å²) in [4.78, 5) is 38.1. The zero-order valence-electron chi connectivity index (χ0n) is 18.2. The molecule has 0 aliphatic carbocycles. The van der Waals surface area contributed by atoms with Crippen molar-refractivity contribution in [3.63, 3.8) is 0 Å². The van der Waals surface area contributed by atoms with Crippen molar-refractivity contribution in [2.24, 2.45) is 0 Å². The van der Waals surface area contributed by atoms with Crippen LogP contribution in [0.1, 0.15) is 48.4 Å². The molecule has 0 radical (unpaired) electrons. The van der Waals surface area contributed by atoms with E-state index in [4.69, 9.17) is 9.84 Å². The molecular weight excluding hydrogens is 410 g/mol. The number of carbonyl (C=O) groups excluding carboxylic acids is 2. The van der Waals surface area contributed by atoms with Gasteiger partial charge in [0.1, 0.15) is 11.5 Å². The Balaban J connectivity index is 1.97. The van der Waals surface area contributed by atoms with E-state index in [-0.39, 0.29) is 24.3 Å². The van der Waals surface area contributed by atoms with Crippen LogP contribution in [0.3, 0.4) is 0 Å². The third-order valence-corrected chi connectivity index (χ3v) is 5.59. The number of carboxylic acid groups (broad SMARTS) is 1. The van der Waals surface area contributed by atoms with Crippen LogP contribution in [0.5, 0.6) is 5.75 Å². The molecule has 0 spiro atoms. The monoisotopic (exact) mass is 437 g/mol. The van der Waals surface area contributed by atoms with Gasteiger partial charge in [-0.1, -0.05) is 48.4 Å². The normalized spacial score (nSPS) is 17.6. The minimum atomic E-state index is -0.859. The maximum absolute atomic E-state index is 13.0. The summed E-state index contributed by atoms with van der Waals surface area (Å²) in [5, 5.41) is 19.8. The first-order valence-corrected chi connectivity index (χ1v) is 10.5. The Kier molecular flexibility index (Phi) is 7.30. The first-order chi connectivity index (χ1) is 15.3. The Hall–Kier alpha value is -3.61. The molecule has 0 saturated carbocycles. The second-order valence-corrected chi connectivity index (χ2v) is 7.84. The highest BCUT2D eigenvalue weighted by Gasteiger charge is 2.45.